The lowest BCUT2D eigenvalue weighted by atomic mass is 10.1. The Labute approximate surface area is 227 Å². The number of ether oxygens (including phenoxy) is 1. The SMILES string of the molecule is CCCSc1nc(N2CCCCC2)c2cnn(CCNC(=O)C3CC(=O)N(c4cccc(OC)c4)C3)c2n1. The zero-order valence-electron chi connectivity index (χ0n) is 22.1. The first-order valence-corrected chi connectivity index (χ1v) is 14.4. The molecule has 1 unspecified atom stereocenters. The summed E-state index contributed by atoms with van der Waals surface area (Å²) in [6, 6.07) is 7.35. The molecule has 0 saturated carbocycles. The first-order valence-electron chi connectivity index (χ1n) is 13.4. The van der Waals surface area contributed by atoms with Crippen LogP contribution in [0.5, 0.6) is 5.75 Å². The molecule has 2 fully saturated rings. The molecule has 1 N–H and O–H groups in total. The molecule has 2 amide bonds. The maximum Gasteiger partial charge on any atom is 0.227 e. The van der Waals surface area contributed by atoms with Gasteiger partial charge in [-0.25, -0.2) is 14.6 Å². The minimum absolute atomic E-state index is 0.0597. The van der Waals surface area contributed by atoms with Crippen molar-refractivity contribution >= 4 is 46.1 Å². The number of nitrogens with zero attached hydrogens (tertiary/aromatic N) is 6. The third kappa shape index (κ3) is 5.72. The Hall–Kier alpha value is -3.34. The van der Waals surface area contributed by atoms with E-state index in [0.717, 1.165) is 53.0 Å². The van der Waals surface area contributed by atoms with Crippen LogP contribution in [0.25, 0.3) is 11.0 Å². The number of hydrogen-bond acceptors (Lipinski definition) is 8. The Bertz CT molecular complexity index is 1290. The van der Waals surface area contributed by atoms with Crippen molar-refractivity contribution in [2.75, 3.05) is 48.8 Å². The smallest absolute Gasteiger partial charge is 0.227 e. The first-order chi connectivity index (χ1) is 18.6. The maximum absolute atomic E-state index is 12.9. The maximum atomic E-state index is 12.9. The average molecular weight is 538 g/mol. The summed E-state index contributed by atoms with van der Waals surface area (Å²) in [5.41, 5.74) is 1.54. The molecular formula is C27H35N7O3S. The third-order valence-electron chi connectivity index (χ3n) is 7.03. The number of anilines is 2. The molecule has 202 valence electrons. The normalized spacial score (nSPS) is 17.8. The van der Waals surface area contributed by atoms with Gasteiger partial charge in [-0.1, -0.05) is 24.8 Å². The van der Waals surface area contributed by atoms with Crippen molar-refractivity contribution in [2.24, 2.45) is 5.92 Å². The topological polar surface area (TPSA) is 105 Å². The molecule has 1 aromatic carbocycles. The second-order valence-corrected chi connectivity index (χ2v) is 10.8. The number of thioether (sulfide) groups is 1. The summed E-state index contributed by atoms with van der Waals surface area (Å²) in [5, 5.41) is 9.33. The van der Waals surface area contributed by atoms with Gasteiger partial charge < -0.3 is 19.9 Å². The van der Waals surface area contributed by atoms with Crippen LogP contribution in [-0.2, 0) is 16.1 Å². The van der Waals surface area contributed by atoms with Gasteiger partial charge in [0, 0.05) is 50.1 Å². The molecular weight excluding hydrogens is 502 g/mol. The van der Waals surface area contributed by atoms with Crippen LogP contribution >= 0.6 is 11.8 Å². The molecule has 0 radical (unpaired) electrons. The molecule has 2 saturated heterocycles. The molecule has 5 rings (SSSR count). The van der Waals surface area contributed by atoms with E-state index in [2.05, 4.69) is 22.2 Å². The highest BCUT2D eigenvalue weighted by molar-refractivity contribution is 7.99. The molecule has 38 heavy (non-hydrogen) atoms. The predicted octanol–water partition coefficient (Wildman–Crippen LogP) is 3.50. The Morgan fingerprint density at radius 3 is 2.84 bits per heavy atom. The lowest BCUT2D eigenvalue weighted by molar-refractivity contribution is -0.126. The highest BCUT2D eigenvalue weighted by Gasteiger charge is 2.35. The molecule has 0 aliphatic carbocycles. The lowest BCUT2D eigenvalue weighted by Gasteiger charge is -2.28. The number of nitrogens with one attached hydrogen (secondary N) is 1. The minimum Gasteiger partial charge on any atom is -0.497 e. The fraction of sp³-hybridized carbons (Fsp3) is 0.519. The van der Waals surface area contributed by atoms with Gasteiger partial charge >= 0.3 is 0 Å². The number of aromatic nitrogens is 4. The minimum atomic E-state index is -0.395. The summed E-state index contributed by atoms with van der Waals surface area (Å²) >= 11 is 1.67. The second kappa shape index (κ2) is 12.0. The highest BCUT2D eigenvalue weighted by atomic mass is 32.2. The van der Waals surface area contributed by atoms with Gasteiger partial charge in [0.05, 0.1) is 31.2 Å². The van der Waals surface area contributed by atoms with E-state index in [0.29, 0.717) is 25.4 Å². The van der Waals surface area contributed by atoms with Crippen molar-refractivity contribution in [3.63, 3.8) is 0 Å². The van der Waals surface area contributed by atoms with Crippen molar-refractivity contribution in [1.82, 2.24) is 25.1 Å². The van der Waals surface area contributed by atoms with Crippen molar-refractivity contribution in [1.29, 1.82) is 0 Å². The van der Waals surface area contributed by atoms with Crippen LogP contribution < -0.4 is 19.9 Å². The molecule has 10 nitrogen and oxygen atoms in total. The first kappa shape index (κ1) is 26.3. The van der Waals surface area contributed by atoms with E-state index in [9.17, 15) is 9.59 Å². The summed E-state index contributed by atoms with van der Waals surface area (Å²) in [4.78, 5) is 39.3. The van der Waals surface area contributed by atoms with Gasteiger partial charge in [-0.3, -0.25) is 9.59 Å². The van der Waals surface area contributed by atoms with Gasteiger partial charge in [-0.15, -0.1) is 0 Å². The molecule has 11 heteroatoms. The van der Waals surface area contributed by atoms with E-state index in [1.165, 1.54) is 19.3 Å². The number of rotatable bonds is 10. The Kier molecular flexibility index (Phi) is 8.31. The highest BCUT2D eigenvalue weighted by Crippen LogP contribution is 2.30. The van der Waals surface area contributed by atoms with Gasteiger partial charge in [0.25, 0.3) is 0 Å². The standard InChI is InChI=1S/C27H35N7O3S/c1-3-14-38-27-30-24(32-11-5-4-6-12-32)22-17-29-34(25(22)31-27)13-10-28-26(36)19-15-23(35)33(18-19)20-8-7-9-21(16-20)37-2/h7-9,16-17,19H,3-6,10-15,18H2,1-2H3,(H,28,36). The van der Waals surface area contributed by atoms with E-state index in [4.69, 9.17) is 14.7 Å². The molecule has 2 aromatic heterocycles. The Morgan fingerprint density at radius 2 is 2.05 bits per heavy atom. The second-order valence-electron chi connectivity index (χ2n) is 9.73. The van der Waals surface area contributed by atoms with Crippen LogP contribution in [0.2, 0.25) is 0 Å². The Morgan fingerprint density at radius 1 is 1.21 bits per heavy atom. The molecule has 2 aliphatic rings. The summed E-state index contributed by atoms with van der Waals surface area (Å²) in [5.74, 6) is 2.03. The number of carbonyl (C=O) groups is 2. The number of benzene rings is 1. The van der Waals surface area contributed by atoms with Crippen molar-refractivity contribution in [3.8, 4) is 5.75 Å². The van der Waals surface area contributed by atoms with Gasteiger partial charge in [0.1, 0.15) is 11.6 Å². The predicted molar refractivity (Wildman–Crippen MR) is 149 cm³/mol. The van der Waals surface area contributed by atoms with Crippen molar-refractivity contribution in [2.45, 2.75) is 50.7 Å². The quantitative estimate of drug-likeness (QED) is 0.310. The zero-order chi connectivity index (χ0) is 26.5. The van der Waals surface area contributed by atoms with Gasteiger partial charge in [0.2, 0.25) is 11.8 Å². The largest absolute Gasteiger partial charge is 0.497 e. The fourth-order valence-electron chi connectivity index (χ4n) is 5.03. The molecule has 3 aromatic rings. The molecule has 1 atom stereocenters. The van der Waals surface area contributed by atoms with Crippen LogP contribution in [0, 0.1) is 5.92 Å². The molecule has 0 spiro atoms. The van der Waals surface area contributed by atoms with Crippen LogP contribution in [0.15, 0.2) is 35.6 Å². The number of carbonyl (C=O) groups excluding carboxylic acids is 2. The van der Waals surface area contributed by atoms with E-state index >= 15 is 0 Å². The number of piperidine rings is 1. The molecule has 0 bridgehead atoms. The van der Waals surface area contributed by atoms with Gasteiger partial charge in [-0.2, -0.15) is 5.10 Å². The molecule has 2 aliphatic heterocycles. The van der Waals surface area contributed by atoms with Crippen LogP contribution in [0.3, 0.4) is 0 Å². The van der Waals surface area contributed by atoms with Crippen molar-refractivity contribution < 1.29 is 14.3 Å². The van der Waals surface area contributed by atoms with Crippen LogP contribution in [-0.4, -0.2) is 70.6 Å². The third-order valence-corrected chi connectivity index (χ3v) is 8.08. The molecule has 4 heterocycles. The van der Waals surface area contributed by atoms with Crippen LogP contribution in [0.4, 0.5) is 11.5 Å². The zero-order valence-corrected chi connectivity index (χ0v) is 22.9. The monoisotopic (exact) mass is 537 g/mol. The lowest BCUT2D eigenvalue weighted by Crippen LogP contribution is -2.35. The van der Waals surface area contributed by atoms with E-state index in [1.807, 2.05) is 35.1 Å². The van der Waals surface area contributed by atoms with Crippen LogP contribution in [0.1, 0.15) is 39.0 Å². The number of methoxy groups -OCH3 is 1. The van der Waals surface area contributed by atoms with Crippen molar-refractivity contribution in [3.05, 3.63) is 30.5 Å². The van der Waals surface area contributed by atoms with E-state index < -0.39 is 5.92 Å². The summed E-state index contributed by atoms with van der Waals surface area (Å²) < 4.78 is 7.12. The van der Waals surface area contributed by atoms with E-state index in [1.54, 1.807) is 23.8 Å². The number of hydrogen-bond donors (Lipinski definition) is 1. The fourth-order valence-corrected chi connectivity index (χ4v) is 5.72. The Balaban J connectivity index is 1.24. The summed E-state index contributed by atoms with van der Waals surface area (Å²) in [7, 11) is 1.59. The number of fused-ring (bicyclic) bond motifs is 1. The summed E-state index contributed by atoms with van der Waals surface area (Å²) in [6.45, 7) is 5.39. The summed E-state index contributed by atoms with van der Waals surface area (Å²) in [6.07, 6.45) is 6.68. The average Bonchev–Trinajstić information content (AvgIpc) is 3.55. The van der Waals surface area contributed by atoms with E-state index in [-0.39, 0.29) is 18.2 Å². The van der Waals surface area contributed by atoms with Gasteiger partial charge in [-0.05, 0) is 37.8 Å². The number of amides is 2. The van der Waals surface area contributed by atoms with Gasteiger partial charge in [0.15, 0.2) is 10.8 Å².